The molecule has 0 radical (unpaired) electrons. The van der Waals surface area contributed by atoms with Crippen molar-refractivity contribution in [2.24, 2.45) is 0 Å². The molecule has 114 valence electrons. The molecular weight excluding hydrogens is 308 g/mol. The Morgan fingerprint density at radius 3 is 2.64 bits per heavy atom. The zero-order chi connectivity index (χ0) is 15.0. The van der Waals surface area contributed by atoms with Crippen molar-refractivity contribution in [2.45, 2.75) is 13.3 Å². The molecule has 0 unspecified atom stereocenters. The number of nitrogen functional groups attached to an aromatic ring is 1. The number of pyridine rings is 2. The maximum Gasteiger partial charge on any atom is 0.142 e. The summed E-state index contributed by atoms with van der Waals surface area (Å²) >= 11 is 0. The first kappa shape index (κ1) is 16.1. The van der Waals surface area contributed by atoms with Crippen molar-refractivity contribution in [1.82, 2.24) is 9.97 Å². The van der Waals surface area contributed by atoms with E-state index in [1.807, 2.05) is 6.92 Å². The second-order valence-corrected chi connectivity index (χ2v) is 4.73. The van der Waals surface area contributed by atoms with E-state index in [9.17, 15) is 8.78 Å². The fraction of sp³-hybridized carbons (Fsp3) is 0.125. The van der Waals surface area contributed by atoms with Gasteiger partial charge in [-0.1, -0.05) is 6.92 Å². The Bertz CT molecular complexity index is 837. The smallest absolute Gasteiger partial charge is 0.142 e. The molecule has 0 spiro atoms. The van der Waals surface area contributed by atoms with Gasteiger partial charge in [0.25, 0.3) is 0 Å². The number of benzene rings is 1. The minimum absolute atomic E-state index is 0. The Hall–Kier alpha value is -2.27. The van der Waals surface area contributed by atoms with E-state index < -0.39 is 11.6 Å². The largest absolute Gasteiger partial charge is 0.384 e. The van der Waals surface area contributed by atoms with Crippen molar-refractivity contribution < 1.29 is 8.78 Å². The number of nitrogens with two attached hydrogens (primary N) is 1. The van der Waals surface area contributed by atoms with Gasteiger partial charge in [-0.25, -0.2) is 13.8 Å². The lowest BCUT2D eigenvalue weighted by atomic mass is 9.98. The molecule has 3 aromatic rings. The first-order valence-corrected chi connectivity index (χ1v) is 6.59. The minimum atomic E-state index is -0.453. The quantitative estimate of drug-likeness (QED) is 0.771. The molecule has 0 saturated heterocycles. The number of rotatable bonds is 2. The summed E-state index contributed by atoms with van der Waals surface area (Å²) in [6.45, 7) is 1.92. The average Bonchev–Trinajstić information content (AvgIpc) is 2.48. The van der Waals surface area contributed by atoms with E-state index in [-0.39, 0.29) is 12.4 Å². The van der Waals surface area contributed by atoms with E-state index in [0.29, 0.717) is 40.0 Å². The number of anilines is 1. The van der Waals surface area contributed by atoms with Crippen molar-refractivity contribution in [1.29, 1.82) is 0 Å². The van der Waals surface area contributed by atoms with E-state index in [1.165, 1.54) is 18.2 Å². The highest BCUT2D eigenvalue weighted by atomic mass is 35.5. The average molecular weight is 322 g/mol. The third-order valence-corrected chi connectivity index (χ3v) is 3.37. The van der Waals surface area contributed by atoms with E-state index >= 15 is 0 Å². The van der Waals surface area contributed by atoms with Crippen LogP contribution in [0.4, 0.5) is 14.6 Å². The van der Waals surface area contributed by atoms with Crippen LogP contribution in [-0.2, 0) is 6.42 Å². The second kappa shape index (κ2) is 6.23. The second-order valence-electron chi connectivity index (χ2n) is 4.73. The van der Waals surface area contributed by atoms with Crippen molar-refractivity contribution >= 4 is 29.1 Å². The Balaban J connectivity index is 0.00000176. The van der Waals surface area contributed by atoms with Crippen LogP contribution in [0.2, 0.25) is 0 Å². The Labute approximate surface area is 132 Å². The van der Waals surface area contributed by atoms with Gasteiger partial charge in [0.15, 0.2) is 0 Å². The molecule has 2 aromatic heterocycles. The lowest BCUT2D eigenvalue weighted by Crippen LogP contribution is -2.00. The fourth-order valence-corrected chi connectivity index (χ4v) is 2.42. The van der Waals surface area contributed by atoms with Crippen molar-refractivity contribution in [2.75, 3.05) is 5.73 Å². The molecule has 0 aliphatic carbocycles. The topological polar surface area (TPSA) is 51.8 Å². The van der Waals surface area contributed by atoms with Crippen LogP contribution >= 0.6 is 12.4 Å². The molecule has 0 fully saturated rings. The molecule has 0 bridgehead atoms. The van der Waals surface area contributed by atoms with E-state index in [2.05, 4.69) is 9.97 Å². The monoisotopic (exact) mass is 321 g/mol. The number of halogens is 3. The third kappa shape index (κ3) is 2.72. The number of aromatic nitrogens is 2. The summed E-state index contributed by atoms with van der Waals surface area (Å²) in [6.07, 6.45) is 1.69. The van der Waals surface area contributed by atoms with Crippen LogP contribution < -0.4 is 5.73 Å². The van der Waals surface area contributed by atoms with Crippen molar-refractivity contribution in [3.05, 3.63) is 53.9 Å². The predicted octanol–water partition coefficient (Wildman–Crippen LogP) is 4.14. The highest BCUT2D eigenvalue weighted by molar-refractivity contribution is 5.94. The molecule has 0 amide bonds. The number of hydrogen-bond acceptors (Lipinski definition) is 3. The molecule has 1 aromatic carbocycles. The molecule has 0 aliphatic heterocycles. The first-order valence-electron chi connectivity index (χ1n) is 6.59. The summed E-state index contributed by atoms with van der Waals surface area (Å²) in [5, 5.41) is 0.547. The molecule has 0 saturated carbocycles. The van der Waals surface area contributed by atoms with E-state index in [1.54, 1.807) is 12.1 Å². The summed E-state index contributed by atoms with van der Waals surface area (Å²) in [5.74, 6) is -0.482. The molecule has 3 rings (SSSR count). The van der Waals surface area contributed by atoms with Crippen LogP contribution in [-0.4, -0.2) is 9.97 Å². The molecular formula is C16H14ClF2N3. The summed E-state index contributed by atoms with van der Waals surface area (Å²) in [7, 11) is 0. The summed E-state index contributed by atoms with van der Waals surface area (Å²) in [4.78, 5) is 8.28. The highest BCUT2D eigenvalue weighted by Crippen LogP contribution is 2.32. The van der Waals surface area contributed by atoms with E-state index in [0.717, 1.165) is 6.20 Å². The van der Waals surface area contributed by atoms with Gasteiger partial charge in [0.05, 0.1) is 17.4 Å². The van der Waals surface area contributed by atoms with Gasteiger partial charge < -0.3 is 5.73 Å². The van der Waals surface area contributed by atoms with Crippen molar-refractivity contribution in [3.63, 3.8) is 0 Å². The van der Waals surface area contributed by atoms with E-state index in [4.69, 9.17) is 5.73 Å². The number of hydrogen-bond donors (Lipinski definition) is 1. The van der Waals surface area contributed by atoms with Gasteiger partial charge in [-0.3, -0.25) is 4.98 Å². The zero-order valence-electron chi connectivity index (χ0n) is 11.8. The van der Waals surface area contributed by atoms with Crippen LogP contribution in [0.25, 0.3) is 22.0 Å². The van der Waals surface area contributed by atoms with Crippen LogP contribution in [0, 0.1) is 11.6 Å². The molecule has 6 heteroatoms. The van der Waals surface area contributed by atoms with Gasteiger partial charge in [0, 0.05) is 16.5 Å². The minimum Gasteiger partial charge on any atom is -0.384 e. The maximum atomic E-state index is 14.3. The third-order valence-electron chi connectivity index (χ3n) is 3.37. The van der Waals surface area contributed by atoms with Gasteiger partial charge in [-0.15, -0.1) is 12.4 Å². The molecule has 22 heavy (non-hydrogen) atoms. The Kier molecular flexibility index (Phi) is 4.56. The molecule has 0 aliphatic rings. The zero-order valence-corrected chi connectivity index (χ0v) is 12.6. The van der Waals surface area contributed by atoms with Crippen LogP contribution in [0.5, 0.6) is 0 Å². The molecule has 2 N–H and O–H groups in total. The number of nitrogens with zero attached hydrogens (tertiary/aromatic N) is 2. The Morgan fingerprint density at radius 1 is 1.14 bits per heavy atom. The highest BCUT2D eigenvalue weighted by Gasteiger charge is 2.15. The normalized spacial score (nSPS) is 10.5. The van der Waals surface area contributed by atoms with Gasteiger partial charge in [-0.2, -0.15) is 0 Å². The lowest BCUT2D eigenvalue weighted by Gasteiger charge is -2.11. The molecule has 2 heterocycles. The summed E-state index contributed by atoms with van der Waals surface area (Å²) in [6, 6.07) is 7.51. The fourth-order valence-electron chi connectivity index (χ4n) is 2.42. The van der Waals surface area contributed by atoms with Gasteiger partial charge in [0.2, 0.25) is 0 Å². The molecule has 0 atom stereocenters. The summed E-state index contributed by atoms with van der Waals surface area (Å²) in [5.41, 5.74) is 7.75. The summed E-state index contributed by atoms with van der Waals surface area (Å²) < 4.78 is 27.6. The van der Waals surface area contributed by atoms with Crippen LogP contribution in [0.1, 0.15) is 12.6 Å². The maximum absolute atomic E-state index is 14.3. The lowest BCUT2D eigenvalue weighted by molar-refractivity contribution is 0.622. The predicted molar refractivity (Wildman–Crippen MR) is 85.9 cm³/mol. The van der Waals surface area contributed by atoms with Crippen LogP contribution in [0.15, 0.2) is 36.5 Å². The van der Waals surface area contributed by atoms with Crippen molar-refractivity contribution in [3.8, 4) is 11.1 Å². The van der Waals surface area contributed by atoms with Gasteiger partial charge in [-0.05, 0) is 36.8 Å². The standard InChI is InChI=1S/C16H13F2N3.ClH/c1-2-13-11(4-6-14(19)21-13)15-12(18)5-3-9-7-10(17)8-20-16(9)15;/h3-8H,2H2,1H3,(H2,19,21);1H. The molecule has 3 nitrogen and oxygen atoms in total. The van der Waals surface area contributed by atoms with Crippen LogP contribution in [0.3, 0.4) is 0 Å². The van der Waals surface area contributed by atoms with Gasteiger partial charge >= 0.3 is 0 Å². The number of aryl methyl sites for hydroxylation is 1. The first-order chi connectivity index (χ1) is 10.1. The Morgan fingerprint density at radius 2 is 1.91 bits per heavy atom. The SMILES string of the molecule is CCc1nc(N)ccc1-c1c(F)ccc2cc(F)cnc12.Cl. The number of fused-ring (bicyclic) bond motifs is 1. The van der Waals surface area contributed by atoms with Gasteiger partial charge in [0.1, 0.15) is 17.5 Å².